The van der Waals surface area contributed by atoms with Crippen LogP contribution >= 0.6 is 11.3 Å². The molecule has 11 rings (SSSR count). The number of rotatable bonds is 4. The van der Waals surface area contributed by atoms with Gasteiger partial charge in [-0.1, -0.05) is 121 Å². The summed E-state index contributed by atoms with van der Waals surface area (Å²) in [6, 6.07) is 66.7. The molecule has 0 fully saturated rings. The molecule has 3 aromatic heterocycles. The van der Waals surface area contributed by atoms with E-state index in [1.165, 1.54) is 97.4 Å². The quantitative estimate of drug-likeness (QED) is 0.177. The van der Waals surface area contributed by atoms with Crippen LogP contribution in [0.25, 0.3) is 97.4 Å². The van der Waals surface area contributed by atoms with Gasteiger partial charge in [0.1, 0.15) is 0 Å². The van der Waals surface area contributed by atoms with Crippen molar-refractivity contribution < 1.29 is 0 Å². The first-order chi connectivity index (χ1) is 25.3. The van der Waals surface area contributed by atoms with Crippen molar-refractivity contribution in [3.05, 3.63) is 182 Å². The van der Waals surface area contributed by atoms with E-state index in [2.05, 4.69) is 191 Å². The fraction of sp³-hybridized carbons (Fsp3) is 0. The zero-order chi connectivity index (χ0) is 33.5. The van der Waals surface area contributed by atoms with Gasteiger partial charge in [-0.15, -0.1) is 11.3 Å². The lowest BCUT2D eigenvalue weighted by Crippen LogP contribution is -1.94. The largest absolute Gasteiger partial charge is 0.309 e. The van der Waals surface area contributed by atoms with E-state index < -0.39 is 0 Å². The van der Waals surface area contributed by atoms with Crippen molar-refractivity contribution in [1.82, 2.24) is 9.13 Å². The molecule has 0 N–H and O–H groups in total. The third-order valence-electron chi connectivity index (χ3n) is 10.5. The molecule has 0 saturated heterocycles. The molecule has 0 aliphatic rings. The van der Waals surface area contributed by atoms with Crippen molar-refractivity contribution in [2.75, 3.05) is 0 Å². The molecule has 0 atom stereocenters. The van der Waals surface area contributed by atoms with Crippen LogP contribution in [-0.2, 0) is 0 Å². The fourth-order valence-electron chi connectivity index (χ4n) is 8.15. The van der Waals surface area contributed by atoms with Crippen LogP contribution in [-0.4, -0.2) is 9.13 Å². The normalized spacial score (nSPS) is 11.9. The lowest BCUT2D eigenvalue weighted by Gasteiger charge is -2.11. The number of para-hydroxylation sites is 2. The minimum atomic E-state index is 1.17. The molecule has 2 nitrogen and oxygen atoms in total. The SMILES string of the molecule is c1ccc(-c2ccc3c4ccccc4n(-c4ccc5sc6ccc(-n7c8ccccc8c8ccc(-c9ccccc9)cc87)cc6c5c4)c3c2)cc1. The average Bonchev–Trinajstić information content (AvgIpc) is 3.85. The van der Waals surface area contributed by atoms with Gasteiger partial charge in [-0.2, -0.15) is 0 Å². The van der Waals surface area contributed by atoms with E-state index >= 15 is 0 Å². The van der Waals surface area contributed by atoms with Gasteiger partial charge < -0.3 is 9.13 Å². The van der Waals surface area contributed by atoms with Crippen molar-refractivity contribution in [3.63, 3.8) is 0 Å². The van der Waals surface area contributed by atoms with Crippen LogP contribution in [0.2, 0.25) is 0 Å². The number of hydrogen-bond acceptors (Lipinski definition) is 1. The zero-order valence-corrected chi connectivity index (χ0v) is 28.4. The van der Waals surface area contributed by atoms with Crippen LogP contribution in [0.1, 0.15) is 0 Å². The van der Waals surface area contributed by atoms with E-state index in [9.17, 15) is 0 Å². The Balaban J connectivity index is 1.13. The van der Waals surface area contributed by atoms with Gasteiger partial charge in [0.15, 0.2) is 0 Å². The van der Waals surface area contributed by atoms with Crippen LogP contribution in [0.4, 0.5) is 0 Å². The summed E-state index contributed by atoms with van der Waals surface area (Å²) in [5.41, 5.74) is 12.1. The number of aromatic nitrogens is 2. The van der Waals surface area contributed by atoms with Crippen LogP contribution in [0, 0.1) is 0 Å². The lowest BCUT2D eigenvalue weighted by atomic mass is 10.0. The molecule has 8 aromatic carbocycles. The summed E-state index contributed by atoms with van der Waals surface area (Å²) in [5.74, 6) is 0. The topological polar surface area (TPSA) is 9.86 Å². The maximum atomic E-state index is 2.45. The summed E-state index contributed by atoms with van der Waals surface area (Å²) in [6.45, 7) is 0. The number of benzene rings is 8. The van der Waals surface area contributed by atoms with Gasteiger partial charge in [-0.3, -0.25) is 0 Å². The van der Waals surface area contributed by atoms with Crippen molar-refractivity contribution >= 4 is 75.1 Å². The summed E-state index contributed by atoms with van der Waals surface area (Å²) in [6.07, 6.45) is 0. The Hall–Kier alpha value is -6.42. The molecule has 3 heterocycles. The van der Waals surface area contributed by atoms with E-state index in [1.54, 1.807) is 0 Å². The van der Waals surface area contributed by atoms with Crippen molar-refractivity contribution in [3.8, 4) is 33.6 Å². The molecule has 0 aliphatic carbocycles. The Labute approximate surface area is 298 Å². The van der Waals surface area contributed by atoms with Crippen LogP contribution in [0.15, 0.2) is 182 Å². The van der Waals surface area contributed by atoms with Crippen LogP contribution in [0.3, 0.4) is 0 Å². The van der Waals surface area contributed by atoms with E-state index in [1.807, 2.05) is 11.3 Å². The number of nitrogens with zero attached hydrogens (tertiary/aromatic N) is 2. The third-order valence-corrected chi connectivity index (χ3v) is 11.7. The van der Waals surface area contributed by atoms with Gasteiger partial charge in [-0.25, -0.2) is 0 Å². The summed E-state index contributed by atoms with van der Waals surface area (Å²) in [4.78, 5) is 0. The minimum Gasteiger partial charge on any atom is -0.309 e. The van der Waals surface area contributed by atoms with Crippen molar-refractivity contribution in [1.29, 1.82) is 0 Å². The number of hydrogen-bond donors (Lipinski definition) is 0. The molecule has 0 bridgehead atoms. The van der Waals surface area contributed by atoms with E-state index in [4.69, 9.17) is 0 Å². The first-order valence-corrected chi connectivity index (χ1v) is 18.2. The van der Waals surface area contributed by atoms with Gasteiger partial charge in [0.2, 0.25) is 0 Å². The maximum Gasteiger partial charge on any atom is 0.0547 e. The number of thiophene rings is 1. The Morgan fingerprint density at radius 2 is 0.686 bits per heavy atom. The maximum absolute atomic E-state index is 2.45. The van der Waals surface area contributed by atoms with E-state index in [0.717, 1.165) is 0 Å². The summed E-state index contributed by atoms with van der Waals surface area (Å²) >= 11 is 1.87. The molecular formula is C48H30N2S. The Kier molecular flexibility index (Phi) is 6.16. The molecule has 0 radical (unpaired) electrons. The lowest BCUT2D eigenvalue weighted by molar-refractivity contribution is 1.18. The minimum absolute atomic E-state index is 1.17. The Morgan fingerprint density at radius 3 is 1.16 bits per heavy atom. The predicted octanol–water partition coefficient (Wildman–Crippen LogP) is 13.6. The van der Waals surface area contributed by atoms with Gasteiger partial charge in [0.05, 0.1) is 22.1 Å². The van der Waals surface area contributed by atoms with Crippen molar-refractivity contribution in [2.45, 2.75) is 0 Å². The predicted molar refractivity (Wildman–Crippen MR) is 219 cm³/mol. The van der Waals surface area contributed by atoms with Gasteiger partial charge in [0, 0.05) is 53.1 Å². The smallest absolute Gasteiger partial charge is 0.0547 e. The highest BCUT2D eigenvalue weighted by atomic mass is 32.1. The van der Waals surface area contributed by atoms with E-state index in [0.29, 0.717) is 0 Å². The summed E-state index contributed by atoms with van der Waals surface area (Å²) in [7, 11) is 0. The second-order valence-electron chi connectivity index (χ2n) is 13.4. The Morgan fingerprint density at radius 1 is 0.275 bits per heavy atom. The fourth-order valence-corrected chi connectivity index (χ4v) is 9.22. The van der Waals surface area contributed by atoms with Gasteiger partial charge >= 0.3 is 0 Å². The molecule has 238 valence electrons. The summed E-state index contributed by atoms with van der Waals surface area (Å²) < 4.78 is 7.49. The molecule has 0 saturated carbocycles. The van der Waals surface area contributed by atoms with Crippen LogP contribution < -0.4 is 0 Å². The molecule has 0 spiro atoms. The molecule has 0 amide bonds. The molecule has 11 aromatic rings. The molecule has 0 unspecified atom stereocenters. The first-order valence-electron chi connectivity index (χ1n) is 17.4. The zero-order valence-electron chi connectivity index (χ0n) is 27.6. The third kappa shape index (κ3) is 4.35. The summed E-state index contributed by atoms with van der Waals surface area (Å²) in [5, 5.41) is 7.64. The highest BCUT2D eigenvalue weighted by Gasteiger charge is 2.17. The highest BCUT2D eigenvalue weighted by molar-refractivity contribution is 7.25. The Bertz CT molecular complexity index is 2910. The first kappa shape index (κ1) is 28.4. The molecular weight excluding hydrogens is 637 g/mol. The molecule has 51 heavy (non-hydrogen) atoms. The van der Waals surface area contributed by atoms with Crippen molar-refractivity contribution in [2.24, 2.45) is 0 Å². The average molecular weight is 667 g/mol. The highest BCUT2D eigenvalue weighted by Crippen LogP contribution is 2.41. The second-order valence-corrected chi connectivity index (χ2v) is 14.4. The molecule has 3 heteroatoms. The molecule has 0 aliphatic heterocycles. The van der Waals surface area contributed by atoms with Crippen LogP contribution in [0.5, 0.6) is 0 Å². The van der Waals surface area contributed by atoms with E-state index in [-0.39, 0.29) is 0 Å². The second kappa shape index (κ2) is 11.0. The number of fused-ring (bicyclic) bond motifs is 9. The van der Waals surface area contributed by atoms with Gasteiger partial charge in [-0.05, 0) is 82.9 Å². The standard InChI is InChI=1S/C48H30N2S/c1-3-11-31(12-4-1)33-19-23-39-37-15-7-9-17-43(37)49(45(39)27-33)35-21-25-47-41(29-35)42-30-36(22-26-48(42)51-47)50-44-18-10-8-16-38(44)40-24-20-34(28-46(40)50)32-13-5-2-6-14-32/h1-30H. The monoisotopic (exact) mass is 666 g/mol. The van der Waals surface area contributed by atoms with Gasteiger partial charge in [0.25, 0.3) is 0 Å².